The summed E-state index contributed by atoms with van der Waals surface area (Å²) in [4.78, 5) is 0.143. The van der Waals surface area contributed by atoms with Gasteiger partial charge in [0.05, 0.1) is 18.1 Å². The molecule has 1 aliphatic heterocycles. The van der Waals surface area contributed by atoms with Crippen molar-refractivity contribution in [1.82, 2.24) is 0 Å². The molecule has 0 aliphatic carbocycles. The average Bonchev–Trinajstić information content (AvgIpc) is 2.32. The van der Waals surface area contributed by atoms with Gasteiger partial charge in [-0.05, 0) is 41.6 Å². The van der Waals surface area contributed by atoms with Crippen LogP contribution in [0.3, 0.4) is 0 Å². The van der Waals surface area contributed by atoms with E-state index in [1.54, 1.807) is 12.1 Å². The van der Waals surface area contributed by atoms with E-state index in [2.05, 4.69) is 0 Å². The summed E-state index contributed by atoms with van der Waals surface area (Å²) in [5.74, 6) is 0. The van der Waals surface area contributed by atoms with Gasteiger partial charge in [-0.15, -0.1) is 0 Å². The SMILES string of the molecule is Cc1ccc(S(=O)(=O)OC2COC(I)OC2)cc1. The van der Waals surface area contributed by atoms with Crippen LogP contribution in [0.4, 0.5) is 0 Å². The fourth-order valence-corrected chi connectivity index (χ4v) is 2.92. The summed E-state index contributed by atoms with van der Waals surface area (Å²) in [5, 5.41) is 0. The zero-order valence-electron chi connectivity index (χ0n) is 9.71. The lowest BCUT2D eigenvalue weighted by Crippen LogP contribution is -2.36. The Bertz CT molecular complexity index is 491. The molecule has 1 aromatic carbocycles. The quantitative estimate of drug-likeness (QED) is 0.452. The largest absolute Gasteiger partial charge is 0.341 e. The van der Waals surface area contributed by atoms with Gasteiger partial charge in [0.25, 0.3) is 10.1 Å². The van der Waals surface area contributed by atoms with Crippen molar-refractivity contribution in [3.8, 4) is 0 Å². The van der Waals surface area contributed by atoms with Gasteiger partial charge in [-0.1, -0.05) is 17.7 Å². The molecule has 1 heterocycles. The number of ether oxygens (including phenoxy) is 2. The standard InChI is InChI=1S/C11H13IO5S/c1-8-2-4-10(5-3-8)18(13,14)17-9-6-15-11(12)16-7-9/h2-5,9,11H,6-7H2,1H3. The second-order valence-electron chi connectivity index (χ2n) is 3.93. The summed E-state index contributed by atoms with van der Waals surface area (Å²) in [6.07, 6.45) is -0.595. The molecule has 0 saturated carbocycles. The number of rotatable bonds is 3. The molecule has 100 valence electrons. The van der Waals surface area contributed by atoms with Gasteiger partial charge in [0, 0.05) is 0 Å². The maximum absolute atomic E-state index is 12.0. The first-order chi connectivity index (χ1) is 8.47. The summed E-state index contributed by atoms with van der Waals surface area (Å²) in [7, 11) is -3.76. The highest BCUT2D eigenvalue weighted by Crippen LogP contribution is 2.19. The molecule has 0 unspecified atom stereocenters. The highest BCUT2D eigenvalue weighted by atomic mass is 127. The molecular weight excluding hydrogens is 371 g/mol. The van der Waals surface area contributed by atoms with E-state index in [-0.39, 0.29) is 22.4 Å². The van der Waals surface area contributed by atoms with Gasteiger partial charge in [0.15, 0.2) is 0 Å². The molecule has 1 saturated heterocycles. The van der Waals surface area contributed by atoms with Crippen LogP contribution in [0.15, 0.2) is 29.2 Å². The Morgan fingerprint density at radius 1 is 1.22 bits per heavy atom. The minimum Gasteiger partial charge on any atom is -0.341 e. The van der Waals surface area contributed by atoms with E-state index >= 15 is 0 Å². The van der Waals surface area contributed by atoms with Gasteiger partial charge in [-0.25, -0.2) is 0 Å². The summed E-state index contributed by atoms with van der Waals surface area (Å²) in [5.41, 5.74) is 0.992. The Kier molecular flexibility index (Phi) is 4.59. The van der Waals surface area contributed by atoms with Crippen LogP contribution >= 0.6 is 22.6 Å². The van der Waals surface area contributed by atoms with Crippen LogP contribution in [0.5, 0.6) is 0 Å². The predicted molar refractivity (Wildman–Crippen MR) is 72.9 cm³/mol. The smallest absolute Gasteiger partial charge is 0.297 e. The van der Waals surface area contributed by atoms with E-state index in [1.807, 2.05) is 29.5 Å². The number of hydrogen-bond donors (Lipinski definition) is 0. The summed E-state index contributed by atoms with van der Waals surface area (Å²) in [6.45, 7) is 2.30. The maximum atomic E-state index is 12.0. The van der Waals surface area contributed by atoms with Crippen molar-refractivity contribution in [3.63, 3.8) is 0 Å². The zero-order chi connectivity index (χ0) is 13.2. The first-order valence-corrected chi connectivity index (χ1v) is 8.00. The van der Waals surface area contributed by atoms with Crippen molar-refractivity contribution >= 4 is 32.7 Å². The summed E-state index contributed by atoms with van der Waals surface area (Å²) >= 11 is 1.97. The second-order valence-corrected chi connectivity index (χ2v) is 6.52. The molecule has 5 nitrogen and oxygen atoms in total. The Labute approximate surface area is 120 Å². The van der Waals surface area contributed by atoms with Crippen LogP contribution in [0.1, 0.15) is 5.56 Å². The van der Waals surface area contributed by atoms with Crippen molar-refractivity contribution in [2.45, 2.75) is 22.2 Å². The van der Waals surface area contributed by atoms with E-state index in [4.69, 9.17) is 13.7 Å². The first kappa shape index (κ1) is 14.2. The Morgan fingerprint density at radius 2 is 1.78 bits per heavy atom. The lowest BCUT2D eigenvalue weighted by Gasteiger charge is -2.25. The maximum Gasteiger partial charge on any atom is 0.297 e. The molecular formula is C11H13IO5S. The molecule has 0 spiro atoms. The van der Waals surface area contributed by atoms with Crippen molar-refractivity contribution in [1.29, 1.82) is 0 Å². The molecule has 0 radical (unpaired) electrons. The third-order valence-electron chi connectivity index (χ3n) is 2.40. The van der Waals surface area contributed by atoms with Crippen LogP contribution in [0.25, 0.3) is 0 Å². The van der Waals surface area contributed by atoms with Crippen molar-refractivity contribution < 1.29 is 22.1 Å². The van der Waals surface area contributed by atoms with Gasteiger partial charge in [0.2, 0.25) is 4.30 Å². The van der Waals surface area contributed by atoms with Gasteiger partial charge in [-0.2, -0.15) is 8.42 Å². The van der Waals surface area contributed by atoms with Crippen LogP contribution in [-0.2, 0) is 23.8 Å². The molecule has 0 aromatic heterocycles. The number of halogens is 1. The fourth-order valence-electron chi connectivity index (χ4n) is 1.46. The molecule has 0 N–H and O–H groups in total. The summed E-state index contributed by atoms with van der Waals surface area (Å²) < 4.78 is 39.0. The molecule has 7 heteroatoms. The summed E-state index contributed by atoms with van der Waals surface area (Å²) in [6, 6.07) is 6.50. The number of alkyl halides is 1. The Balaban J connectivity index is 2.05. The van der Waals surface area contributed by atoms with E-state index in [9.17, 15) is 8.42 Å². The van der Waals surface area contributed by atoms with Crippen molar-refractivity contribution in [2.24, 2.45) is 0 Å². The highest BCUT2D eigenvalue weighted by Gasteiger charge is 2.27. The Morgan fingerprint density at radius 3 is 2.33 bits per heavy atom. The van der Waals surface area contributed by atoms with Crippen LogP contribution in [-0.4, -0.2) is 32.0 Å². The highest BCUT2D eigenvalue weighted by molar-refractivity contribution is 14.1. The first-order valence-electron chi connectivity index (χ1n) is 5.34. The van der Waals surface area contributed by atoms with Gasteiger partial charge < -0.3 is 9.47 Å². The minimum atomic E-state index is -3.76. The number of aryl methyl sites for hydroxylation is 1. The van der Waals surface area contributed by atoms with Gasteiger partial charge >= 0.3 is 0 Å². The molecule has 1 fully saturated rings. The third kappa shape index (κ3) is 3.64. The zero-order valence-corrected chi connectivity index (χ0v) is 12.7. The van der Waals surface area contributed by atoms with Crippen LogP contribution < -0.4 is 0 Å². The van der Waals surface area contributed by atoms with Crippen molar-refractivity contribution in [2.75, 3.05) is 13.2 Å². The lowest BCUT2D eigenvalue weighted by atomic mass is 10.2. The molecule has 2 rings (SSSR count). The second kappa shape index (κ2) is 5.83. The third-order valence-corrected chi connectivity index (χ3v) is 4.49. The molecule has 18 heavy (non-hydrogen) atoms. The normalized spacial score (nSPS) is 25.0. The molecule has 1 aromatic rings. The van der Waals surface area contributed by atoms with E-state index in [1.165, 1.54) is 12.1 Å². The molecule has 1 aliphatic rings. The lowest BCUT2D eigenvalue weighted by molar-refractivity contribution is -0.155. The predicted octanol–water partition coefficient (Wildman–Crippen LogP) is 1.83. The van der Waals surface area contributed by atoms with E-state index in [0.717, 1.165) is 5.56 Å². The number of benzene rings is 1. The molecule has 0 bridgehead atoms. The monoisotopic (exact) mass is 384 g/mol. The van der Waals surface area contributed by atoms with E-state index < -0.39 is 16.2 Å². The molecule has 0 amide bonds. The minimum absolute atomic E-state index is 0.143. The topological polar surface area (TPSA) is 61.8 Å². The molecule has 0 atom stereocenters. The number of hydrogen-bond acceptors (Lipinski definition) is 5. The fraction of sp³-hybridized carbons (Fsp3) is 0.455. The average molecular weight is 384 g/mol. The van der Waals surface area contributed by atoms with Gasteiger partial charge in [0.1, 0.15) is 6.10 Å². The van der Waals surface area contributed by atoms with Gasteiger partial charge in [-0.3, -0.25) is 4.18 Å². The van der Waals surface area contributed by atoms with Crippen LogP contribution in [0, 0.1) is 6.92 Å². The van der Waals surface area contributed by atoms with Crippen molar-refractivity contribution in [3.05, 3.63) is 29.8 Å². The van der Waals surface area contributed by atoms with Crippen LogP contribution in [0.2, 0.25) is 0 Å². The van der Waals surface area contributed by atoms with E-state index in [0.29, 0.717) is 0 Å². The Hall–Kier alpha value is -0.220.